The van der Waals surface area contributed by atoms with E-state index in [0.29, 0.717) is 41.3 Å². The molecule has 0 N–H and O–H groups in total. The predicted octanol–water partition coefficient (Wildman–Crippen LogP) is 4.58. The third-order valence-electron chi connectivity index (χ3n) is 5.28. The third-order valence-corrected chi connectivity index (χ3v) is 5.28. The normalized spacial score (nSPS) is 14.7. The molecule has 0 aromatic heterocycles. The van der Waals surface area contributed by atoms with E-state index in [2.05, 4.69) is 0 Å². The molecule has 0 atom stereocenters. The Labute approximate surface area is 165 Å². The number of hydrogen-bond donors (Lipinski definition) is 0. The van der Waals surface area contributed by atoms with Crippen LogP contribution in [0.2, 0.25) is 0 Å². The summed E-state index contributed by atoms with van der Waals surface area (Å²) in [4.78, 5) is 26.5. The molecule has 0 radical (unpaired) electrons. The summed E-state index contributed by atoms with van der Waals surface area (Å²) >= 11 is 0. The Kier molecular flexibility index (Phi) is 6.57. The van der Waals surface area contributed by atoms with Crippen molar-refractivity contribution in [3.8, 4) is 11.1 Å². The summed E-state index contributed by atoms with van der Waals surface area (Å²) in [6, 6.07) is 11.3. The van der Waals surface area contributed by atoms with Crippen LogP contribution in [-0.2, 0) is 4.74 Å². The molecule has 2 aromatic carbocycles. The second-order valence-electron chi connectivity index (χ2n) is 7.23. The summed E-state index contributed by atoms with van der Waals surface area (Å²) < 4.78 is 19.8. The highest BCUT2D eigenvalue weighted by Gasteiger charge is 2.21. The highest BCUT2D eigenvalue weighted by Crippen LogP contribution is 2.26. The molecule has 1 aliphatic rings. The van der Waals surface area contributed by atoms with Gasteiger partial charge in [-0.05, 0) is 68.5 Å². The predicted molar refractivity (Wildman–Crippen MR) is 107 cm³/mol. The van der Waals surface area contributed by atoms with Crippen molar-refractivity contribution in [2.75, 3.05) is 26.3 Å². The molecule has 1 saturated heterocycles. The molecule has 1 fully saturated rings. The van der Waals surface area contributed by atoms with Gasteiger partial charge in [-0.2, -0.15) is 0 Å². The second kappa shape index (κ2) is 9.11. The van der Waals surface area contributed by atoms with Crippen LogP contribution in [0.1, 0.15) is 47.4 Å². The van der Waals surface area contributed by atoms with Crippen LogP contribution in [0.25, 0.3) is 11.1 Å². The van der Waals surface area contributed by atoms with Crippen LogP contribution in [-0.4, -0.2) is 42.9 Å². The van der Waals surface area contributed by atoms with Crippen LogP contribution in [0.15, 0.2) is 42.5 Å². The van der Waals surface area contributed by atoms with Gasteiger partial charge < -0.3 is 9.64 Å². The monoisotopic (exact) mass is 383 g/mol. The van der Waals surface area contributed by atoms with Gasteiger partial charge in [0, 0.05) is 43.0 Å². The van der Waals surface area contributed by atoms with Gasteiger partial charge in [0.15, 0.2) is 5.78 Å². The lowest BCUT2D eigenvalue weighted by Gasteiger charge is -2.29. The molecule has 3 rings (SSSR count). The number of ketones is 1. The minimum absolute atomic E-state index is 0.0565. The molecule has 4 nitrogen and oxygen atoms in total. The SMILES string of the molecule is CCN(CC1CCOCC1)C(=O)c1cccc(-c2cc(C(C)=O)ccc2F)c1. The molecular weight excluding hydrogens is 357 g/mol. The summed E-state index contributed by atoms with van der Waals surface area (Å²) in [7, 11) is 0. The molecule has 1 heterocycles. The average molecular weight is 383 g/mol. The first-order valence-electron chi connectivity index (χ1n) is 9.77. The number of amides is 1. The third kappa shape index (κ3) is 4.65. The summed E-state index contributed by atoms with van der Waals surface area (Å²) in [5.41, 5.74) is 1.89. The summed E-state index contributed by atoms with van der Waals surface area (Å²) in [6.45, 7) is 6.24. The lowest BCUT2D eigenvalue weighted by molar-refractivity contribution is 0.0467. The van der Waals surface area contributed by atoms with Crippen molar-refractivity contribution >= 4 is 11.7 Å². The molecule has 0 unspecified atom stereocenters. The van der Waals surface area contributed by atoms with Gasteiger partial charge in [-0.3, -0.25) is 9.59 Å². The van der Waals surface area contributed by atoms with Crippen LogP contribution < -0.4 is 0 Å². The van der Waals surface area contributed by atoms with Gasteiger partial charge in [-0.25, -0.2) is 4.39 Å². The zero-order valence-corrected chi connectivity index (χ0v) is 16.4. The summed E-state index contributed by atoms with van der Waals surface area (Å²) in [5, 5.41) is 0. The Bertz CT molecular complexity index is 859. The standard InChI is InChI=1S/C23H26FNO3/c1-3-25(15-17-9-11-28-12-10-17)23(27)20-6-4-5-19(13-20)21-14-18(16(2)26)7-8-22(21)24/h4-8,13-14,17H,3,9-12,15H2,1-2H3. The largest absolute Gasteiger partial charge is 0.381 e. The van der Waals surface area contributed by atoms with E-state index in [1.807, 2.05) is 11.8 Å². The number of nitrogens with zero attached hydrogens (tertiary/aromatic N) is 1. The molecule has 1 amide bonds. The maximum absolute atomic E-state index is 14.4. The number of rotatable bonds is 6. The first kappa shape index (κ1) is 20.2. The minimum atomic E-state index is -0.413. The van der Waals surface area contributed by atoms with Crippen molar-refractivity contribution in [2.45, 2.75) is 26.7 Å². The molecule has 0 saturated carbocycles. The van der Waals surface area contributed by atoms with Gasteiger partial charge in [-0.15, -0.1) is 0 Å². The Morgan fingerprint density at radius 3 is 2.54 bits per heavy atom. The number of Topliss-reactive ketones (excluding diaryl/α,β-unsaturated/α-hetero) is 1. The topological polar surface area (TPSA) is 46.6 Å². The number of carbonyl (C=O) groups excluding carboxylic acids is 2. The van der Waals surface area contributed by atoms with Crippen LogP contribution in [0.3, 0.4) is 0 Å². The molecule has 5 heteroatoms. The maximum atomic E-state index is 14.4. The van der Waals surface area contributed by atoms with E-state index in [-0.39, 0.29) is 11.7 Å². The zero-order chi connectivity index (χ0) is 20.1. The van der Waals surface area contributed by atoms with Gasteiger partial charge in [-0.1, -0.05) is 12.1 Å². The van der Waals surface area contributed by atoms with Crippen LogP contribution in [0.5, 0.6) is 0 Å². The fraction of sp³-hybridized carbons (Fsp3) is 0.391. The zero-order valence-electron chi connectivity index (χ0n) is 16.4. The molecule has 1 aliphatic heterocycles. The van der Waals surface area contributed by atoms with Crippen LogP contribution in [0.4, 0.5) is 4.39 Å². The Balaban J connectivity index is 1.84. The second-order valence-corrected chi connectivity index (χ2v) is 7.23. The quantitative estimate of drug-likeness (QED) is 0.686. The van der Waals surface area contributed by atoms with E-state index in [0.717, 1.165) is 26.1 Å². The van der Waals surface area contributed by atoms with E-state index in [1.165, 1.54) is 19.1 Å². The lowest BCUT2D eigenvalue weighted by Crippen LogP contribution is -2.37. The first-order valence-corrected chi connectivity index (χ1v) is 9.77. The van der Waals surface area contributed by atoms with Crippen molar-refractivity contribution in [1.82, 2.24) is 4.90 Å². The van der Waals surface area contributed by atoms with Crippen molar-refractivity contribution in [1.29, 1.82) is 0 Å². The van der Waals surface area contributed by atoms with Crippen molar-refractivity contribution in [3.63, 3.8) is 0 Å². The highest BCUT2D eigenvalue weighted by molar-refractivity contribution is 5.97. The maximum Gasteiger partial charge on any atom is 0.253 e. The number of benzene rings is 2. The number of halogens is 1. The fourth-order valence-corrected chi connectivity index (χ4v) is 3.56. The van der Waals surface area contributed by atoms with Gasteiger partial charge in [0.25, 0.3) is 5.91 Å². The van der Waals surface area contributed by atoms with Crippen LogP contribution in [0, 0.1) is 11.7 Å². The van der Waals surface area contributed by atoms with Crippen molar-refractivity contribution in [3.05, 3.63) is 59.4 Å². The van der Waals surface area contributed by atoms with E-state index in [1.54, 1.807) is 30.3 Å². The fourth-order valence-electron chi connectivity index (χ4n) is 3.56. The Morgan fingerprint density at radius 2 is 1.86 bits per heavy atom. The molecule has 0 spiro atoms. The molecule has 2 aromatic rings. The molecule has 0 bridgehead atoms. The molecule has 28 heavy (non-hydrogen) atoms. The molecular formula is C23H26FNO3. The molecule has 0 aliphatic carbocycles. The lowest BCUT2D eigenvalue weighted by atomic mass is 9.97. The summed E-state index contributed by atoms with van der Waals surface area (Å²) in [5.74, 6) is -0.143. The Hall–Kier alpha value is -2.53. The van der Waals surface area contributed by atoms with Gasteiger partial charge in [0.1, 0.15) is 5.82 Å². The smallest absolute Gasteiger partial charge is 0.253 e. The Morgan fingerprint density at radius 1 is 1.11 bits per heavy atom. The average Bonchev–Trinajstić information content (AvgIpc) is 2.72. The van der Waals surface area contributed by atoms with Crippen LogP contribution >= 0.6 is 0 Å². The first-order chi connectivity index (χ1) is 13.5. The van der Waals surface area contributed by atoms with E-state index >= 15 is 0 Å². The minimum Gasteiger partial charge on any atom is -0.381 e. The number of hydrogen-bond acceptors (Lipinski definition) is 3. The highest BCUT2D eigenvalue weighted by atomic mass is 19.1. The molecule has 148 valence electrons. The van der Waals surface area contributed by atoms with Crippen molar-refractivity contribution in [2.24, 2.45) is 5.92 Å². The van der Waals surface area contributed by atoms with Gasteiger partial charge >= 0.3 is 0 Å². The van der Waals surface area contributed by atoms with E-state index < -0.39 is 5.82 Å². The van der Waals surface area contributed by atoms with Crippen molar-refractivity contribution < 1.29 is 18.7 Å². The van der Waals surface area contributed by atoms with E-state index in [9.17, 15) is 14.0 Å². The van der Waals surface area contributed by atoms with Gasteiger partial charge in [0.05, 0.1) is 0 Å². The number of carbonyl (C=O) groups is 2. The summed E-state index contributed by atoms with van der Waals surface area (Å²) in [6.07, 6.45) is 1.93. The van der Waals surface area contributed by atoms with E-state index in [4.69, 9.17) is 4.74 Å². The van der Waals surface area contributed by atoms with Gasteiger partial charge in [0.2, 0.25) is 0 Å². The number of ether oxygens (including phenoxy) is 1.